The minimum atomic E-state index is -4.90. The molecule has 0 aliphatic heterocycles. The number of fused-ring (bicyclic) bond motifs is 1. The van der Waals surface area contributed by atoms with Gasteiger partial charge in [0, 0.05) is 13.0 Å². The van der Waals surface area contributed by atoms with Crippen LogP contribution in [0.4, 0.5) is 13.2 Å². The van der Waals surface area contributed by atoms with Crippen molar-refractivity contribution >= 4 is 22.6 Å². The van der Waals surface area contributed by atoms with Gasteiger partial charge in [-0.1, -0.05) is 48.5 Å². The number of nitrogens with one attached hydrogen (secondary N) is 1. The van der Waals surface area contributed by atoms with Gasteiger partial charge >= 0.3 is 18.1 Å². The molecule has 0 unspecified atom stereocenters. The van der Waals surface area contributed by atoms with E-state index in [0.29, 0.717) is 30.9 Å². The van der Waals surface area contributed by atoms with Crippen molar-refractivity contribution in [3.05, 3.63) is 96.1 Å². The molecule has 4 aromatic rings. The Labute approximate surface area is 229 Å². The fourth-order valence-electron chi connectivity index (χ4n) is 4.13. The molecule has 0 saturated heterocycles. The highest BCUT2D eigenvalue weighted by atomic mass is 19.4. The number of ether oxygens (including phenoxy) is 3. The molecule has 9 heteroatoms. The van der Waals surface area contributed by atoms with Crippen LogP contribution in [-0.4, -0.2) is 44.9 Å². The predicted octanol–water partition coefficient (Wildman–Crippen LogP) is 6.36. The second-order valence-corrected chi connectivity index (χ2v) is 8.95. The van der Waals surface area contributed by atoms with E-state index >= 15 is 0 Å². The highest BCUT2D eigenvalue weighted by Crippen LogP contribution is 2.26. The molecule has 0 aliphatic carbocycles. The zero-order valence-corrected chi connectivity index (χ0v) is 21.8. The van der Waals surface area contributed by atoms with Crippen molar-refractivity contribution in [2.45, 2.75) is 19.0 Å². The zero-order valence-electron chi connectivity index (χ0n) is 21.8. The van der Waals surface area contributed by atoms with Crippen LogP contribution in [0, 0.1) is 0 Å². The predicted molar refractivity (Wildman–Crippen MR) is 146 cm³/mol. The van der Waals surface area contributed by atoms with Crippen molar-refractivity contribution in [3.8, 4) is 22.6 Å². The third-order valence-electron chi connectivity index (χ3n) is 6.20. The lowest BCUT2D eigenvalue weighted by Crippen LogP contribution is -2.37. The maximum atomic E-state index is 12.4. The van der Waals surface area contributed by atoms with Crippen LogP contribution in [0.5, 0.6) is 11.5 Å². The first kappa shape index (κ1) is 28.5. The monoisotopic (exact) mass is 551 g/mol. The van der Waals surface area contributed by atoms with Gasteiger partial charge in [0.2, 0.25) is 0 Å². The molecule has 1 amide bonds. The molecular weight excluding hydrogens is 523 g/mol. The maximum Gasteiger partial charge on any atom is 0.471 e. The topological polar surface area (TPSA) is 73.9 Å². The molecule has 0 radical (unpaired) electrons. The van der Waals surface area contributed by atoms with Crippen molar-refractivity contribution in [2.24, 2.45) is 0 Å². The summed E-state index contributed by atoms with van der Waals surface area (Å²) in [4.78, 5) is 22.7. The summed E-state index contributed by atoms with van der Waals surface area (Å²) in [5.74, 6) is -0.953. The number of rotatable bonds is 11. The Balaban J connectivity index is 1.25. The Morgan fingerprint density at radius 3 is 2.08 bits per heavy atom. The normalized spacial score (nSPS) is 11.2. The van der Waals surface area contributed by atoms with Crippen molar-refractivity contribution in [1.29, 1.82) is 0 Å². The zero-order chi connectivity index (χ0) is 28.5. The van der Waals surface area contributed by atoms with E-state index in [1.165, 1.54) is 7.11 Å². The Hall–Kier alpha value is -4.53. The van der Waals surface area contributed by atoms with E-state index in [1.54, 1.807) is 12.1 Å². The molecule has 0 bridgehead atoms. The number of hydrogen-bond acceptors (Lipinski definition) is 5. The number of esters is 1. The van der Waals surface area contributed by atoms with Crippen molar-refractivity contribution in [2.75, 3.05) is 26.9 Å². The van der Waals surface area contributed by atoms with Crippen LogP contribution in [-0.2, 0) is 16.0 Å². The van der Waals surface area contributed by atoms with Gasteiger partial charge in [0.1, 0.15) is 11.5 Å². The average molecular weight is 552 g/mol. The van der Waals surface area contributed by atoms with Crippen LogP contribution in [0.3, 0.4) is 0 Å². The number of benzene rings is 4. The van der Waals surface area contributed by atoms with Crippen LogP contribution >= 0.6 is 0 Å². The average Bonchev–Trinajstić information content (AvgIpc) is 2.96. The fourth-order valence-corrected chi connectivity index (χ4v) is 4.13. The summed E-state index contributed by atoms with van der Waals surface area (Å²) < 4.78 is 53.7. The smallest absolute Gasteiger partial charge is 0.471 e. The van der Waals surface area contributed by atoms with Gasteiger partial charge in [0.15, 0.2) is 0 Å². The van der Waals surface area contributed by atoms with Gasteiger partial charge in [0.05, 0.1) is 25.9 Å². The highest BCUT2D eigenvalue weighted by Gasteiger charge is 2.38. The molecule has 40 heavy (non-hydrogen) atoms. The Kier molecular flexibility index (Phi) is 9.27. The summed E-state index contributed by atoms with van der Waals surface area (Å²) in [6.45, 7) is 0.743. The molecular formula is C31H28F3NO5. The van der Waals surface area contributed by atoms with Crippen LogP contribution < -0.4 is 14.8 Å². The number of amides is 1. The van der Waals surface area contributed by atoms with Crippen LogP contribution in [0.25, 0.3) is 21.9 Å². The highest BCUT2D eigenvalue weighted by molar-refractivity contribution is 5.90. The second-order valence-electron chi connectivity index (χ2n) is 8.95. The first-order valence-corrected chi connectivity index (χ1v) is 12.7. The summed E-state index contributed by atoms with van der Waals surface area (Å²) in [5, 5.41) is 3.69. The van der Waals surface area contributed by atoms with E-state index in [2.05, 4.69) is 0 Å². The van der Waals surface area contributed by atoms with Crippen molar-refractivity contribution in [3.63, 3.8) is 0 Å². The molecule has 1 N–H and O–H groups in total. The second kappa shape index (κ2) is 13.0. The Bertz CT molecular complexity index is 1450. The van der Waals surface area contributed by atoms with Gasteiger partial charge < -0.3 is 19.5 Å². The number of methoxy groups -OCH3 is 1. The number of halogens is 3. The molecule has 0 atom stereocenters. The minimum absolute atomic E-state index is 0.122. The SMILES string of the molecule is COC(=O)c1ccc(-c2ccc(OCCCOc3ccc4cccc(CCNC(=O)C(F)(F)F)c4c3)cc2)cc1. The maximum absolute atomic E-state index is 12.4. The Morgan fingerprint density at radius 2 is 1.43 bits per heavy atom. The lowest BCUT2D eigenvalue weighted by molar-refractivity contribution is -0.173. The molecule has 4 rings (SSSR count). The van der Waals surface area contributed by atoms with E-state index < -0.39 is 12.1 Å². The lowest BCUT2D eigenvalue weighted by atomic mass is 10.0. The molecule has 6 nitrogen and oxygen atoms in total. The Morgan fingerprint density at radius 1 is 0.800 bits per heavy atom. The summed E-state index contributed by atoms with van der Waals surface area (Å²) in [6.07, 6.45) is -4.00. The number of hydrogen-bond donors (Lipinski definition) is 1. The molecule has 4 aromatic carbocycles. The number of alkyl halides is 3. The van der Waals surface area contributed by atoms with Crippen molar-refractivity contribution < 1.29 is 37.0 Å². The van der Waals surface area contributed by atoms with Crippen LogP contribution in [0.2, 0.25) is 0 Å². The summed E-state index contributed by atoms with van der Waals surface area (Å²) in [6, 6.07) is 26.0. The largest absolute Gasteiger partial charge is 0.493 e. The van der Waals surface area contributed by atoms with Gasteiger partial charge in [-0.25, -0.2) is 4.79 Å². The summed E-state index contributed by atoms with van der Waals surface area (Å²) in [7, 11) is 1.35. The molecule has 0 heterocycles. The molecule has 0 spiro atoms. The first-order valence-electron chi connectivity index (χ1n) is 12.7. The number of carbonyl (C=O) groups is 2. The molecule has 0 aromatic heterocycles. The van der Waals surface area contributed by atoms with E-state index in [-0.39, 0.29) is 18.9 Å². The van der Waals surface area contributed by atoms with Gasteiger partial charge in [-0.2, -0.15) is 13.2 Å². The lowest BCUT2D eigenvalue weighted by Gasteiger charge is -2.12. The molecule has 0 aliphatic rings. The van der Waals surface area contributed by atoms with E-state index in [9.17, 15) is 22.8 Å². The number of carbonyl (C=O) groups excluding carboxylic acids is 2. The summed E-state index contributed by atoms with van der Waals surface area (Å²) in [5.41, 5.74) is 3.27. The standard InChI is InChI=1S/C31H28F3NO5/c1-38-29(36)25-8-6-21(7-9-25)22-10-13-26(14-11-22)39-18-3-19-40-27-15-12-23-4-2-5-24(28(23)20-27)16-17-35-30(37)31(32,33)34/h2,4-15,20H,3,16-19H2,1H3,(H,35,37). The van der Waals surface area contributed by atoms with Gasteiger partial charge in [0.25, 0.3) is 0 Å². The van der Waals surface area contributed by atoms with Crippen LogP contribution in [0.1, 0.15) is 22.3 Å². The molecule has 0 fully saturated rings. The van der Waals surface area contributed by atoms with Gasteiger partial charge in [-0.05, 0) is 70.3 Å². The van der Waals surface area contributed by atoms with Gasteiger partial charge in [-0.15, -0.1) is 0 Å². The van der Waals surface area contributed by atoms with E-state index in [4.69, 9.17) is 14.2 Å². The summed E-state index contributed by atoms with van der Waals surface area (Å²) >= 11 is 0. The van der Waals surface area contributed by atoms with Gasteiger partial charge in [-0.3, -0.25) is 4.79 Å². The van der Waals surface area contributed by atoms with E-state index in [1.807, 2.05) is 78.1 Å². The fraction of sp³-hybridized carbons (Fsp3) is 0.226. The van der Waals surface area contributed by atoms with Crippen molar-refractivity contribution in [1.82, 2.24) is 5.32 Å². The minimum Gasteiger partial charge on any atom is -0.493 e. The first-order chi connectivity index (χ1) is 19.2. The third-order valence-corrected chi connectivity index (χ3v) is 6.20. The van der Waals surface area contributed by atoms with Crippen LogP contribution in [0.15, 0.2) is 84.9 Å². The molecule has 208 valence electrons. The third kappa shape index (κ3) is 7.53. The molecule has 0 saturated carbocycles. The quantitative estimate of drug-likeness (QED) is 0.173. The van der Waals surface area contributed by atoms with E-state index in [0.717, 1.165) is 33.2 Å².